The summed E-state index contributed by atoms with van der Waals surface area (Å²) in [6.45, 7) is 3.68. The van der Waals surface area contributed by atoms with Crippen LogP contribution in [-0.4, -0.2) is 43.5 Å². The molecule has 1 fully saturated rings. The second kappa shape index (κ2) is 9.77. The maximum Gasteiger partial charge on any atom is 0.237 e. The normalized spacial score (nSPS) is 17.5. The van der Waals surface area contributed by atoms with Crippen LogP contribution in [0.4, 0.5) is 0 Å². The Hall–Kier alpha value is -1.10. The van der Waals surface area contributed by atoms with Crippen LogP contribution in [0.2, 0.25) is 0 Å². The Labute approximate surface area is 133 Å². The van der Waals surface area contributed by atoms with E-state index in [4.69, 9.17) is 0 Å². The molecule has 1 aliphatic heterocycles. The van der Waals surface area contributed by atoms with E-state index in [-0.39, 0.29) is 24.4 Å². The van der Waals surface area contributed by atoms with Crippen molar-refractivity contribution < 1.29 is 4.79 Å². The Morgan fingerprint density at radius 1 is 1.38 bits per heavy atom. The van der Waals surface area contributed by atoms with Crippen molar-refractivity contribution in [3.63, 3.8) is 0 Å². The van der Waals surface area contributed by atoms with E-state index in [0.29, 0.717) is 0 Å². The van der Waals surface area contributed by atoms with Gasteiger partial charge in [-0.2, -0.15) is 0 Å². The first kappa shape index (κ1) is 18.0. The lowest BCUT2D eigenvalue weighted by Gasteiger charge is -2.17. The Balaban J connectivity index is 0.00000220. The number of nitrogens with one attached hydrogen (secondary N) is 2. The standard InChI is InChI=1S/C16H25N3O.ClH/c1-19(13-14-7-3-2-4-8-14)12-6-11-18-16(20)15-9-5-10-17-15;/h2-4,7-8,15,17H,5-6,9-13H2,1H3,(H,18,20);1H. The Bertz CT molecular complexity index is 407. The van der Waals surface area contributed by atoms with Gasteiger partial charge in [0, 0.05) is 13.1 Å². The second-order valence-corrected chi connectivity index (χ2v) is 5.52. The molecule has 0 radical (unpaired) electrons. The molecule has 0 aliphatic carbocycles. The predicted octanol–water partition coefficient (Wildman–Crippen LogP) is 1.80. The molecular weight excluding hydrogens is 286 g/mol. The summed E-state index contributed by atoms with van der Waals surface area (Å²) < 4.78 is 0. The second-order valence-electron chi connectivity index (χ2n) is 5.52. The molecular formula is C16H26ClN3O. The summed E-state index contributed by atoms with van der Waals surface area (Å²) in [5.74, 6) is 0.160. The molecule has 2 N–H and O–H groups in total. The average Bonchev–Trinajstić information content (AvgIpc) is 2.99. The lowest BCUT2D eigenvalue weighted by atomic mass is 10.2. The molecule has 1 heterocycles. The number of carbonyl (C=O) groups excluding carboxylic acids is 1. The van der Waals surface area contributed by atoms with E-state index in [2.05, 4.69) is 46.8 Å². The molecule has 1 amide bonds. The highest BCUT2D eigenvalue weighted by atomic mass is 35.5. The number of nitrogens with zero attached hydrogens (tertiary/aromatic N) is 1. The average molecular weight is 312 g/mol. The van der Waals surface area contributed by atoms with Crippen molar-refractivity contribution in [2.45, 2.75) is 31.8 Å². The highest BCUT2D eigenvalue weighted by molar-refractivity contribution is 5.85. The Morgan fingerprint density at radius 3 is 2.81 bits per heavy atom. The molecule has 0 bridgehead atoms. The van der Waals surface area contributed by atoms with Gasteiger partial charge in [-0.1, -0.05) is 30.3 Å². The van der Waals surface area contributed by atoms with Gasteiger partial charge >= 0.3 is 0 Å². The summed E-state index contributed by atoms with van der Waals surface area (Å²) in [7, 11) is 2.12. The van der Waals surface area contributed by atoms with Gasteiger partial charge in [-0.15, -0.1) is 12.4 Å². The van der Waals surface area contributed by atoms with Crippen LogP contribution in [0.15, 0.2) is 30.3 Å². The van der Waals surface area contributed by atoms with E-state index in [1.165, 1.54) is 5.56 Å². The van der Waals surface area contributed by atoms with E-state index < -0.39 is 0 Å². The molecule has 1 aromatic carbocycles. The smallest absolute Gasteiger partial charge is 0.237 e. The lowest BCUT2D eigenvalue weighted by Crippen LogP contribution is -2.41. The zero-order chi connectivity index (χ0) is 14.2. The first-order valence-electron chi connectivity index (χ1n) is 7.49. The van der Waals surface area contributed by atoms with Gasteiger partial charge in [-0.25, -0.2) is 0 Å². The number of hydrogen-bond acceptors (Lipinski definition) is 3. The number of hydrogen-bond donors (Lipinski definition) is 2. The quantitative estimate of drug-likeness (QED) is 0.755. The van der Waals surface area contributed by atoms with Gasteiger partial charge < -0.3 is 15.5 Å². The van der Waals surface area contributed by atoms with Crippen molar-refractivity contribution in [1.82, 2.24) is 15.5 Å². The molecule has 4 nitrogen and oxygen atoms in total. The number of halogens is 1. The number of rotatable bonds is 7. The first-order valence-corrected chi connectivity index (χ1v) is 7.49. The third-order valence-electron chi connectivity index (χ3n) is 3.69. The SMILES string of the molecule is CN(CCCNC(=O)C1CCCN1)Cc1ccccc1.Cl. The lowest BCUT2D eigenvalue weighted by molar-refractivity contribution is -0.122. The summed E-state index contributed by atoms with van der Waals surface area (Å²) in [6.07, 6.45) is 3.07. The number of carbonyl (C=O) groups is 1. The first-order chi connectivity index (χ1) is 9.75. The van der Waals surface area contributed by atoms with E-state index >= 15 is 0 Å². The minimum atomic E-state index is 0. The van der Waals surface area contributed by atoms with Crippen molar-refractivity contribution in [1.29, 1.82) is 0 Å². The molecule has 1 aliphatic rings. The molecule has 0 aromatic heterocycles. The molecule has 1 aromatic rings. The summed E-state index contributed by atoms with van der Waals surface area (Å²) >= 11 is 0. The number of amides is 1. The van der Waals surface area contributed by atoms with E-state index in [1.807, 2.05) is 6.07 Å². The third-order valence-corrected chi connectivity index (χ3v) is 3.69. The van der Waals surface area contributed by atoms with Crippen LogP contribution in [0.3, 0.4) is 0 Å². The molecule has 1 saturated heterocycles. The number of benzene rings is 1. The fourth-order valence-corrected chi connectivity index (χ4v) is 2.57. The van der Waals surface area contributed by atoms with Crippen molar-refractivity contribution in [2.75, 3.05) is 26.7 Å². The van der Waals surface area contributed by atoms with Gasteiger partial charge in [0.15, 0.2) is 0 Å². The molecule has 0 saturated carbocycles. The van der Waals surface area contributed by atoms with Gasteiger partial charge in [-0.05, 0) is 45.0 Å². The van der Waals surface area contributed by atoms with Gasteiger partial charge in [0.2, 0.25) is 5.91 Å². The van der Waals surface area contributed by atoms with Crippen molar-refractivity contribution >= 4 is 18.3 Å². The van der Waals surface area contributed by atoms with Crippen LogP contribution in [-0.2, 0) is 11.3 Å². The van der Waals surface area contributed by atoms with Crippen LogP contribution >= 0.6 is 12.4 Å². The molecule has 118 valence electrons. The topological polar surface area (TPSA) is 44.4 Å². The highest BCUT2D eigenvalue weighted by Crippen LogP contribution is 2.05. The summed E-state index contributed by atoms with van der Waals surface area (Å²) in [6, 6.07) is 10.5. The van der Waals surface area contributed by atoms with Gasteiger partial charge in [0.1, 0.15) is 0 Å². The van der Waals surface area contributed by atoms with Gasteiger partial charge in [-0.3, -0.25) is 4.79 Å². The maximum atomic E-state index is 11.8. The Kier molecular flexibility index (Phi) is 8.35. The minimum absolute atomic E-state index is 0. The largest absolute Gasteiger partial charge is 0.355 e. The van der Waals surface area contributed by atoms with Crippen LogP contribution in [0, 0.1) is 0 Å². The highest BCUT2D eigenvalue weighted by Gasteiger charge is 2.21. The van der Waals surface area contributed by atoms with Crippen molar-refractivity contribution in [2.24, 2.45) is 0 Å². The van der Waals surface area contributed by atoms with E-state index in [1.54, 1.807) is 0 Å². The minimum Gasteiger partial charge on any atom is -0.355 e. The van der Waals surface area contributed by atoms with Crippen molar-refractivity contribution in [3.8, 4) is 0 Å². The molecule has 1 unspecified atom stereocenters. The summed E-state index contributed by atoms with van der Waals surface area (Å²) in [4.78, 5) is 14.1. The molecule has 21 heavy (non-hydrogen) atoms. The van der Waals surface area contributed by atoms with E-state index in [9.17, 15) is 4.79 Å². The molecule has 1 atom stereocenters. The maximum absolute atomic E-state index is 11.8. The molecule has 0 spiro atoms. The van der Waals surface area contributed by atoms with Gasteiger partial charge in [0.25, 0.3) is 0 Å². The van der Waals surface area contributed by atoms with E-state index in [0.717, 1.165) is 45.4 Å². The molecule has 5 heteroatoms. The van der Waals surface area contributed by atoms with Gasteiger partial charge in [0.05, 0.1) is 6.04 Å². The Morgan fingerprint density at radius 2 is 2.14 bits per heavy atom. The fourth-order valence-electron chi connectivity index (χ4n) is 2.57. The zero-order valence-electron chi connectivity index (χ0n) is 12.7. The zero-order valence-corrected chi connectivity index (χ0v) is 13.5. The fraction of sp³-hybridized carbons (Fsp3) is 0.562. The van der Waals surface area contributed by atoms with Crippen LogP contribution in [0.25, 0.3) is 0 Å². The summed E-state index contributed by atoms with van der Waals surface area (Å²) in [5.41, 5.74) is 1.33. The van der Waals surface area contributed by atoms with Crippen LogP contribution in [0.1, 0.15) is 24.8 Å². The van der Waals surface area contributed by atoms with Crippen LogP contribution < -0.4 is 10.6 Å². The predicted molar refractivity (Wildman–Crippen MR) is 88.7 cm³/mol. The third kappa shape index (κ3) is 6.46. The summed E-state index contributed by atoms with van der Waals surface area (Å²) in [5, 5.41) is 6.23. The monoisotopic (exact) mass is 311 g/mol. The molecule has 2 rings (SSSR count). The van der Waals surface area contributed by atoms with Crippen LogP contribution in [0.5, 0.6) is 0 Å². The van der Waals surface area contributed by atoms with Crippen molar-refractivity contribution in [3.05, 3.63) is 35.9 Å².